The number of hydrogen-bond acceptors (Lipinski definition) is 3. The third-order valence-corrected chi connectivity index (χ3v) is 13.8. The van der Waals surface area contributed by atoms with Crippen molar-refractivity contribution in [2.24, 2.45) is 0 Å². The summed E-state index contributed by atoms with van der Waals surface area (Å²) in [4.78, 5) is 16.5. The molecule has 0 bridgehead atoms. The third-order valence-electron chi connectivity index (χ3n) is 13.8. The van der Waals surface area contributed by atoms with E-state index in [1.807, 2.05) is 6.07 Å². The Bertz CT molecular complexity index is 3400. The van der Waals surface area contributed by atoms with Crippen LogP contribution in [0.2, 0.25) is 6.32 Å². The second-order valence-corrected chi connectivity index (χ2v) is 17.4. The van der Waals surface area contributed by atoms with E-state index in [4.69, 9.17) is 21.5 Å². The first-order chi connectivity index (χ1) is 29.4. The van der Waals surface area contributed by atoms with Crippen molar-refractivity contribution >= 4 is 132 Å². The van der Waals surface area contributed by atoms with Crippen molar-refractivity contribution < 1.29 is 0 Å². The summed E-state index contributed by atoms with van der Waals surface area (Å²) in [6.45, 7) is 9.59. The van der Waals surface area contributed by atoms with Crippen LogP contribution in [0.5, 0.6) is 0 Å². The third kappa shape index (κ3) is 5.67. The molecule has 0 radical (unpaired) electrons. The predicted molar refractivity (Wildman–Crippen MR) is 280 cm³/mol. The van der Waals surface area contributed by atoms with Crippen LogP contribution >= 0.6 is 0 Å². The fourth-order valence-corrected chi connectivity index (χ4v) is 10.6. The van der Waals surface area contributed by atoms with Crippen LogP contribution < -0.4 is 21.9 Å². The van der Waals surface area contributed by atoms with Gasteiger partial charge < -0.3 is 4.57 Å². The van der Waals surface area contributed by atoms with Gasteiger partial charge in [-0.3, -0.25) is 4.57 Å². The van der Waals surface area contributed by atoms with E-state index in [2.05, 4.69) is 193 Å². The van der Waals surface area contributed by atoms with Gasteiger partial charge in [0, 0.05) is 43.8 Å². The first kappa shape index (κ1) is 38.8. The number of nitrogens with zero attached hydrogens (tertiary/aromatic N) is 5. The highest BCUT2D eigenvalue weighted by Crippen LogP contribution is 2.50. The van der Waals surface area contributed by atoms with E-state index >= 15 is 0 Å². The number of fused-ring (bicyclic) bond motifs is 8. The maximum Gasteiger partial charge on any atom is 0.238 e. The lowest BCUT2D eigenvalue weighted by atomic mass is 9.61. The summed E-state index contributed by atoms with van der Waals surface area (Å²) in [7, 11) is 15.8. The Hall–Kier alpha value is -6.40. The Morgan fingerprint density at radius 3 is 1.77 bits per heavy atom. The molecule has 61 heavy (non-hydrogen) atoms. The van der Waals surface area contributed by atoms with E-state index in [0.29, 0.717) is 17.6 Å². The first-order valence-corrected chi connectivity index (χ1v) is 21.5. The number of para-hydroxylation sites is 3. The van der Waals surface area contributed by atoms with Gasteiger partial charge in [0.1, 0.15) is 54.9 Å². The Labute approximate surface area is 364 Å². The second-order valence-electron chi connectivity index (χ2n) is 17.4. The molecule has 0 fully saturated rings. The van der Waals surface area contributed by atoms with Gasteiger partial charge in [0.15, 0.2) is 11.6 Å². The molecular formula is C49H44B7N5. The molecule has 3 aromatic heterocycles. The summed E-state index contributed by atoms with van der Waals surface area (Å²) >= 11 is 0. The van der Waals surface area contributed by atoms with Crippen LogP contribution in [0.25, 0.3) is 77.8 Å². The molecule has 286 valence electrons. The zero-order valence-corrected chi connectivity index (χ0v) is 36.7. The Morgan fingerprint density at radius 2 is 1.15 bits per heavy atom. The van der Waals surface area contributed by atoms with Gasteiger partial charge in [-0.2, -0.15) is 9.97 Å². The zero-order chi connectivity index (χ0) is 42.5. The molecule has 5 nitrogen and oxygen atoms in total. The van der Waals surface area contributed by atoms with E-state index in [1.54, 1.807) is 0 Å². The predicted octanol–water partition coefficient (Wildman–Crippen LogP) is 2.05. The molecule has 3 heterocycles. The number of rotatable bonds is 6. The average molecular weight is 779 g/mol. The van der Waals surface area contributed by atoms with E-state index in [-0.39, 0.29) is 5.41 Å². The second kappa shape index (κ2) is 14.4. The van der Waals surface area contributed by atoms with Crippen molar-refractivity contribution in [3.8, 4) is 23.0 Å². The molecule has 0 unspecified atom stereocenters. The van der Waals surface area contributed by atoms with Crippen molar-refractivity contribution in [1.82, 2.24) is 24.1 Å². The Kier molecular flexibility index (Phi) is 9.14. The molecule has 1 aliphatic carbocycles. The Balaban J connectivity index is 1.33. The number of benzene rings is 6. The molecule has 0 aliphatic heterocycles. The lowest BCUT2D eigenvalue weighted by Gasteiger charge is -2.29. The highest BCUT2D eigenvalue weighted by atomic mass is 15.2. The molecule has 10 rings (SSSR count). The van der Waals surface area contributed by atoms with Gasteiger partial charge >= 0.3 is 0 Å². The van der Waals surface area contributed by atoms with Gasteiger partial charge in [-0.1, -0.05) is 140 Å². The summed E-state index contributed by atoms with van der Waals surface area (Å²) < 4.78 is 4.69. The minimum absolute atomic E-state index is 0.287. The van der Waals surface area contributed by atoms with Crippen LogP contribution in [0.3, 0.4) is 0 Å². The Morgan fingerprint density at radius 1 is 0.607 bits per heavy atom. The average Bonchev–Trinajstić information content (AvgIpc) is 3.87. The van der Waals surface area contributed by atoms with Crippen molar-refractivity contribution in [3.63, 3.8) is 0 Å². The summed E-state index contributed by atoms with van der Waals surface area (Å²) in [6.07, 6.45) is 0.838. The maximum atomic E-state index is 5.62. The fraction of sp³-hybridized carbons (Fsp3) is 0.0816. The molecule has 0 N–H and O–H groups in total. The maximum absolute atomic E-state index is 5.62. The van der Waals surface area contributed by atoms with Crippen molar-refractivity contribution in [3.05, 3.63) is 161 Å². The highest BCUT2D eigenvalue weighted by molar-refractivity contribution is 6.64. The molecule has 1 aliphatic rings. The number of allylic oxidation sites excluding steroid dienone is 5. The van der Waals surface area contributed by atoms with Gasteiger partial charge in [0.2, 0.25) is 5.95 Å². The van der Waals surface area contributed by atoms with Crippen LogP contribution in [0.15, 0.2) is 144 Å². The van der Waals surface area contributed by atoms with Crippen LogP contribution in [-0.2, 0) is 5.41 Å². The van der Waals surface area contributed by atoms with Crippen LogP contribution in [0.4, 0.5) is 0 Å². The minimum atomic E-state index is -0.287. The number of hydrogen-bond donors (Lipinski definition) is 0. The van der Waals surface area contributed by atoms with E-state index in [9.17, 15) is 0 Å². The van der Waals surface area contributed by atoms with Crippen molar-refractivity contribution in [2.45, 2.75) is 25.6 Å². The fourth-order valence-electron chi connectivity index (χ4n) is 10.6. The largest absolute Gasteiger partial charge is 0.307 e. The summed E-state index contributed by atoms with van der Waals surface area (Å²) in [5, 5.41) is 4.66. The smallest absolute Gasteiger partial charge is 0.238 e. The lowest BCUT2D eigenvalue weighted by Crippen LogP contribution is -2.51. The van der Waals surface area contributed by atoms with Gasteiger partial charge in [0.05, 0.1) is 22.1 Å². The molecule has 0 saturated heterocycles. The van der Waals surface area contributed by atoms with E-state index in [0.717, 1.165) is 67.0 Å². The molecule has 0 spiro atoms. The standard InChI is InChI=1S/C49H44B7N5/c1-25-35-38(41(54)43(56)42(55)40(35)53)49(2,3)37(25)39(52)36(32(51)24-50)47-57-46(26-14-6-4-7-15-26)58-48(59-47)61-34-21-13-11-19-29(34)31-23-22-30-28-18-10-12-20-33(28)60(44(30)45(31)61)27-16-8-5-9-17-27/h4-23H,1,24,50-56H2,2-3H3/b36-32-,39-37-. The lowest BCUT2D eigenvalue weighted by molar-refractivity contribution is 0.664. The zero-order valence-electron chi connectivity index (χ0n) is 36.7. The number of aromatic nitrogens is 5. The molecule has 6 aromatic carbocycles. The molecule has 0 saturated carbocycles. The normalized spacial score (nSPS) is 14.9. The first-order valence-electron chi connectivity index (χ1n) is 21.5. The summed E-state index contributed by atoms with van der Waals surface area (Å²) in [6, 6.07) is 42.9. The van der Waals surface area contributed by atoms with Crippen LogP contribution in [0.1, 0.15) is 30.8 Å². The SMILES string of the molecule is BC/C(B)=C(\C(B)=C1/C(=C)c2c(B)c(B)c(B)c(B)c2C1(C)C)c1nc(-c2ccccc2)nc(-n2c3ccccc3c3ccc4c5ccccc5n(-c5ccccc5)c4c32)n1. The van der Waals surface area contributed by atoms with Crippen LogP contribution in [0, 0.1) is 0 Å². The summed E-state index contributed by atoms with van der Waals surface area (Å²) in [5.41, 5.74) is 19.9. The van der Waals surface area contributed by atoms with Crippen LogP contribution in [-0.4, -0.2) is 79.0 Å². The molecule has 9 aromatic rings. The quantitative estimate of drug-likeness (QED) is 0.243. The molecule has 12 heteroatoms. The molecule has 0 atom stereocenters. The van der Waals surface area contributed by atoms with Crippen molar-refractivity contribution in [1.29, 1.82) is 0 Å². The van der Waals surface area contributed by atoms with E-state index < -0.39 is 0 Å². The molecule has 0 amide bonds. The van der Waals surface area contributed by atoms with Gasteiger partial charge in [-0.25, -0.2) is 4.98 Å². The molecular weight excluding hydrogens is 734 g/mol. The van der Waals surface area contributed by atoms with Crippen molar-refractivity contribution in [2.75, 3.05) is 0 Å². The highest BCUT2D eigenvalue weighted by Gasteiger charge is 2.41. The topological polar surface area (TPSA) is 48.5 Å². The summed E-state index contributed by atoms with van der Waals surface area (Å²) in [5.74, 6) is 1.87. The van der Waals surface area contributed by atoms with E-state index in [1.165, 1.54) is 54.8 Å². The minimum Gasteiger partial charge on any atom is -0.307 e. The van der Waals surface area contributed by atoms with Gasteiger partial charge in [-0.05, 0) is 46.5 Å². The van der Waals surface area contributed by atoms with Gasteiger partial charge in [-0.15, -0.1) is 16.4 Å². The van der Waals surface area contributed by atoms with Gasteiger partial charge in [0.25, 0.3) is 0 Å². The monoisotopic (exact) mass is 779 g/mol.